The Balaban J connectivity index is 0.00000112. The fourth-order valence-electron chi connectivity index (χ4n) is 2.05. The molecule has 0 radical (unpaired) electrons. The number of aromatic nitrogens is 1. The van der Waals surface area contributed by atoms with E-state index in [0.717, 1.165) is 18.1 Å². The minimum absolute atomic E-state index is 0. The van der Waals surface area contributed by atoms with Crippen LogP contribution in [0.1, 0.15) is 22.7 Å². The molecule has 0 amide bonds. The molecule has 1 unspecified atom stereocenters. The zero-order valence-corrected chi connectivity index (χ0v) is 10.6. The zero-order chi connectivity index (χ0) is 9.97. The van der Waals surface area contributed by atoms with Crippen molar-refractivity contribution in [2.75, 3.05) is 13.1 Å². The van der Waals surface area contributed by atoms with Crippen molar-refractivity contribution in [2.45, 2.75) is 32.4 Å². The van der Waals surface area contributed by atoms with Crippen LogP contribution in [-0.4, -0.2) is 29.0 Å². The molecular formula is C10H18ClN3S. The van der Waals surface area contributed by atoms with Gasteiger partial charge in [-0.15, -0.1) is 23.7 Å². The lowest BCUT2D eigenvalue weighted by Gasteiger charge is -2.21. The molecule has 0 bridgehead atoms. The van der Waals surface area contributed by atoms with E-state index in [4.69, 9.17) is 5.73 Å². The Morgan fingerprint density at radius 1 is 1.67 bits per heavy atom. The van der Waals surface area contributed by atoms with E-state index in [1.807, 2.05) is 6.20 Å². The molecule has 0 aromatic carbocycles. The monoisotopic (exact) mass is 247 g/mol. The first-order valence-corrected chi connectivity index (χ1v) is 5.96. The van der Waals surface area contributed by atoms with Crippen LogP contribution in [0.25, 0.3) is 0 Å². The van der Waals surface area contributed by atoms with Crippen LogP contribution >= 0.6 is 23.7 Å². The lowest BCUT2D eigenvalue weighted by molar-refractivity contribution is 0.252. The summed E-state index contributed by atoms with van der Waals surface area (Å²) in [6, 6.07) is 0.595. The van der Waals surface area contributed by atoms with Crippen LogP contribution in [0.5, 0.6) is 0 Å². The minimum Gasteiger partial charge on any atom is -0.329 e. The van der Waals surface area contributed by atoms with Gasteiger partial charge < -0.3 is 5.73 Å². The van der Waals surface area contributed by atoms with Gasteiger partial charge in [0.2, 0.25) is 0 Å². The molecule has 1 aromatic heterocycles. The Bertz CT molecular complexity index is 303. The Hall–Kier alpha value is -0.160. The zero-order valence-electron chi connectivity index (χ0n) is 8.98. The average molecular weight is 248 g/mol. The minimum atomic E-state index is 0. The summed E-state index contributed by atoms with van der Waals surface area (Å²) in [5.41, 5.74) is 5.73. The molecule has 1 fully saturated rings. The molecule has 1 aliphatic rings. The molecule has 0 spiro atoms. The Morgan fingerprint density at radius 3 is 3.07 bits per heavy atom. The van der Waals surface area contributed by atoms with Gasteiger partial charge in [0.05, 0.1) is 5.01 Å². The largest absolute Gasteiger partial charge is 0.329 e. The third kappa shape index (κ3) is 3.14. The van der Waals surface area contributed by atoms with E-state index in [-0.39, 0.29) is 12.4 Å². The number of likely N-dealkylation sites (tertiary alicyclic amines) is 1. The lowest BCUT2D eigenvalue weighted by Crippen LogP contribution is -2.34. The second-order valence-corrected chi connectivity index (χ2v) is 5.17. The first-order valence-electron chi connectivity index (χ1n) is 5.15. The third-order valence-corrected chi connectivity index (χ3v) is 3.70. The second-order valence-electron chi connectivity index (χ2n) is 3.85. The molecule has 1 saturated heterocycles. The predicted octanol–water partition coefficient (Wildman–Crippen LogP) is 1.80. The summed E-state index contributed by atoms with van der Waals surface area (Å²) in [4.78, 5) is 8.11. The topological polar surface area (TPSA) is 42.2 Å². The first kappa shape index (κ1) is 12.9. The maximum Gasteiger partial charge on any atom is 0.0897 e. The van der Waals surface area contributed by atoms with Gasteiger partial charge in [-0.2, -0.15) is 0 Å². The molecular weight excluding hydrogens is 230 g/mol. The van der Waals surface area contributed by atoms with Crippen molar-refractivity contribution >= 4 is 23.7 Å². The third-order valence-electron chi connectivity index (χ3n) is 2.80. The van der Waals surface area contributed by atoms with Crippen LogP contribution in [-0.2, 0) is 6.54 Å². The van der Waals surface area contributed by atoms with Gasteiger partial charge in [-0.1, -0.05) is 0 Å². The molecule has 0 aliphatic carbocycles. The number of hydrogen-bond acceptors (Lipinski definition) is 4. The number of nitrogens with zero attached hydrogens (tertiary/aromatic N) is 2. The van der Waals surface area contributed by atoms with E-state index >= 15 is 0 Å². The summed E-state index contributed by atoms with van der Waals surface area (Å²) in [5, 5.41) is 1.16. The molecule has 1 aromatic rings. The van der Waals surface area contributed by atoms with Crippen molar-refractivity contribution < 1.29 is 0 Å². The van der Waals surface area contributed by atoms with Gasteiger partial charge in [-0.3, -0.25) is 4.90 Å². The fourth-order valence-corrected chi connectivity index (χ4v) is 2.87. The molecule has 1 aliphatic heterocycles. The Kier molecular flexibility index (Phi) is 4.99. The second kappa shape index (κ2) is 5.80. The van der Waals surface area contributed by atoms with E-state index in [1.165, 1.54) is 24.3 Å². The highest BCUT2D eigenvalue weighted by atomic mass is 35.5. The maximum absolute atomic E-state index is 5.73. The summed E-state index contributed by atoms with van der Waals surface area (Å²) in [5.74, 6) is 0. The number of halogens is 1. The number of nitrogens with two attached hydrogens (primary N) is 1. The first-order chi connectivity index (χ1) is 6.79. The highest BCUT2D eigenvalue weighted by molar-refractivity contribution is 7.11. The van der Waals surface area contributed by atoms with Gasteiger partial charge in [0.25, 0.3) is 0 Å². The van der Waals surface area contributed by atoms with Crippen LogP contribution < -0.4 is 5.73 Å². The summed E-state index contributed by atoms with van der Waals surface area (Å²) in [6.07, 6.45) is 4.54. The predicted molar refractivity (Wildman–Crippen MR) is 66.6 cm³/mol. The summed E-state index contributed by atoms with van der Waals surface area (Å²) in [7, 11) is 0. The van der Waals surface area contributed by atoms with Crippen LogP contribution in [0.2, 0.25) is 0 Å². The van der Waals surface area contributed by atoms with E-state index < -0.39 is 0 Å². The highest BCUT2D eigenvalue weighted by Crippen LogP contribution is 2.21. The molecule has 2 N–H and O–H groups in total. The molecule has 2 rings (SSSR count). The molecule has 5 heteroatoms. The molecule has 15 heavy (non-hydrogen) atoms. The smallest absolute Gasteiger partial charge is 0.0897 e. The molecule has 2 heterocycles. The van der Waals surface area contributed by atoms with E-state index in [1.54, 1.807) is 11.3 Å². The Morgan fingerprint density at radius 2 is 2.47 bits per heavy atom. The standard InChI is InChI=1S/C10H17N3S.ClH/c1-8-12-6-10(14-8)7-13-4-2-3-9(13)5-11;/h6,9H,2-5,7,11H2,1H3;1H. The van der Waals surface area contributed by atoms with Crippen LogP contribution in [0.3, 0.4) is 0 Å². The van der Waals surface area contributed by atoms with Crippen molar-refractivity contribution in [3.8, 4) is 0 Å². The van der Waals surface area contributed by atoms with Gasteiger partial charge in [0, 0.05) is 30.2 Å². The van der Waals surface area contributed by atoms with Gasteiger partial charge in [0.15, 0.2) is 0 Å². The van der Waals surface area contributed by atoms with Crippen LogP contribution in [0, 0.1) is 6.92 Å². The highest BCUT2D eigenvalue weighted by Gasteiger charge is 2.23. The van der Waals surface area contributed by atoms with E-state index in [0.29, 0.717) is 6.04 Å². The maximum atomic E-state index is 5.73. The number of rotatable bonds is 3. The Labute approximate surface area is 101 Å². The van der Waals surface area contributed by atoms with Crippen molar-refractivity contribution in [3.05, 3.63) is 16.1 Å². The van der Waals surface area contributed by atoms with E-state index in [2.05, 4.69) is 16.8 Å². The average Bonchev–Trinajstić information content (AvgIpc) is 2.76. The lowest BCUT2D eigenvalue weighted by atomic mass is 10.2. The number of aryl methyl sites for hydroxylation is 1. The summed E-state index contributed by atoms with van der Waals surface area (Å²) < 4.78 is 0. The SMILES string of the molecule is Cc1ncc(CN2CCCC2CN)s1.Cl. The van der Waals surface area contributed by atoms with Crippen LogP contribution in [0.4, 0.5) is 0 Å². The van der Waals surface area contributed by atoms with Crippen LogP contribution in [0.15, 0.2) is 6.20 Å². The molecule has 1 atom stereocenters. The van der Waals surface area contributed by atoms with Crippen molar-refractivity contribution in [1.29, 1.82) is 0 Å². The number of hydrogen-bond donors (Lipinski definition) is 1. The normalized spacial score (nSPS) is 21.6. The van der Waals surface area contributed by atoms with Gasteiger partial charge in [-0.25, -0.2) is 4.98 Å². The molecule has 0 saturated carbocycles. The van der Waals surface area contributed by atoms with Gasteiger partial charge in [-0.05, 0) is 26.3 Å². The van der Waals surface area contributed by atoms with E-state index in [9.17, 15) is 0 Å². The van der Waals surface area contributed by atoms with Crippen molar-refractivity contribution in [3.63, 3.8) is 0 Å². The summed E-state index contributed by atoms with van der Waals surface area (Å²) >= 11 is 1.79. The summed E-state index contributed by atoms with van der Waals surface area (Å²) in [6.45, 7) is 5.07. The van der Waals surface area contributed by atoms with Gasteiger partial charge >= 0.3 is 0 Å². The molecule has 86 valence electrons. The fraction of sp³-hybridized carbons (Fsp3) is 0.700. The quantitative estimate of drug-likeness (QED) is 0.886. The number of thiazole rings is 1. The van der Waals surface area contributed by atoms with Crippen molar-refractivity contribution in [2.24, 2.45) is 5.73 Å². The molecule has 3 nitrogen and oxygen atoms in total. The van der Waals surface area contributed by atoms with Gasteiger partial charge in [0.1, 0.15) is 0 Å². The van der Waals surface area contributed by atoms with Crippen molar-refractivity contribution in [1.82, 2.24) is 9.88 Å².